The summed E-state index contributed by atoms with van der Waals surface area (Å²) in [6.07, 6.45) is 2.19. The molecule has 1 aliphatic rings. The van der Waals surface area contributed by atoms with Gasteiger partial charge in [0.25, 0.3) is 0 Å². The zero-order valence-corrected chi connectivity index (χ0v) is 8.46. The molecule has 1 N–H and O–H groups in total. The zero-order valence-electron chi connectivity index (χ0n) is 7.64. The molecule has 0 radical (unpaired) electrons. The molecule has 0 unspecified atom stereocenters. The summed E-state index contributed by atoms with van der Waals surface area (Å²) in [5.41, 5.74) is 0. The van der Waals surface area contributed by atoms with Crippen molar-refractivity contribution >= 4 is 18.1 Å². The topological polar surface area (TPSA) is 66.8 Å². The van der Waals surface area contributed by atoms with Crippen molar-refractivity contribution < 1.29 is 4.79 Å². The first kappa shape index (κ1) is 9.32. The number of aromatic nitrogens is 4. The van der Waals surface area contributed by atoms with E-state index < -0.39 is 0 Å². The van der Waals surface area contributed by atoms with Crippen LogP contribution in [-0.2, 0) is 11.3 Å². The van der Waals surface area contributed by atoms with E-state index in [0.29, 0.717) is 4.77 Å². The number of carbonyl (C=O) groups is 1. The first-order chi connectivity index (χ1) is 6.77. The number of nitrogens with one attached hydrogen (secondary N) is 1. The molecule has 1 fully saturated rings. The Balaban J connectivity index is 2.01. The molecule has 0 bridgehead atoms. The van der Waals surface area contributed by atoms with Crippen LogP contribution in [0, 0.1) is 4.77 Å². The lowest BCUT2D eigenvalue weighted by molar-refractivity contribution is -0.131. The van der Waals surface area contributed by atoms with Crippen LogP contribution in [0.15, 0.2) is 0 Å². The summed E-state index contributed by atoms with van der Waals surface area (Å²) < 4.78 is 1.79. The Bertz CT molecular complexity index is 377. The van der Waals surface area contributed by atoms with E-state index in [9.17, 15) is 4.79 Å². The average molecular weight is 213 g/mol. The van der Waals surface area contributed by atoms with Crippen LogP contribution in [0.2, 0.25) is 0 Å². The number of tetrazole rings is 1. The monoisotopic (exact) mass is 213 g/mol. The Morgan fingerprint density at radius 2 is 2.21 bits per heavy atom. The van der Waals surface area contributed by atoms with Crippen LogP contribution >= 0.6 is 12.2 Å². The van der Waals surface area contributed by atoms with Crippen LogP contribution in [0.3, 0.4) is 0 Å². The van der Waals surface area contributed by atoms with Gasteiger partial charge in [-0.2, -0.15) is 5.21 Å². The number of aromatic amines is 1. The summed E-state index contributed by atoms with van der Waals surface area (Å²) in [6, 6.07) is 0. The van der Waals surface area contributed by atoms with E-state index in [4.69, 9.17) is 12.2 Å². The highest BCUT2D eigenvalue weighted by atomic mass is 32.1. The van der Waals surface area contributed by atoms with E-state index in [1.54, 1.807) is 0 Å². The SMILES string of the molecule is O=C(Cn1[nH]nnc1=S)N1CCCC1. The molecule has 7 heteroatoms. The molecule has 0 atom stereocenters. The molecular weight excluding hydrogens is 202 g/mol. The molecule has 0 saturated carbocycles. The lowest BCUT2D eigenvalue weighted by Gasteiger charge is -2.14. The summed E-state index contributed by atoms with van der Waals surface area (Å²) in [5, 5.41) is 9.68. The largest absolute Gasteiger partial charge is 0.341 e. The predicted octanol–water partition coefficient (Wildman–Crippen LogP) is -0.0419. The van der Waals surface area contributed by atoms with Crippen LogP contribution in [-0.4, -0.2) is 44.1 Å². The maximum absolute atomic E-state index is 11.6. The molecule has 0 aromatic carbocycles. The van der Waals surface area contributed by atoms with Gasteiger partial charge in [0.05, 0.1) is 0 Å². The lowest BCUT2D eigenvalue weighted by atomic mass is 10.4. The fourth-order valence-electron chi connectivity index (χ4n) is 1.52. The standard InChI is InChI=1S/C7H11N5OS/c13-6(11-3-1-2-4-11)5-12-7(14)8-9-10-12/h1-5H2,(H,8,10,14). The third-order valence-electron chi connectivity index (χ3n) is 2.28. The Morgan fingerprint density at radius 1 is 1.50 bits per heavy atom. The molecule has 76 valence electrons. The number of hydrogen-bond acceptors (Lipinski definition) is 4. The van der Waals surface area contributed by atoms with Crippen LogP contribution in [0.4, 0.5) is 0 Å². The Morgan fingerprint density at radius 3 is 2.79 bits per heavy atom. The second-order valence-electron chi connectivity index (χ2n) is 3.26. The average Bonchev–Trinajstić information content (AvgIpc) is 2.77. The van der Waals surface area contributed by atoms with Gasteiger partial charge < -0.3 is 4.90 Å². The van der Waals surface area contributed by atoms with E-state index in [0.717, 1.165) is 25.9 Å². The predicted molar refractivity (Wildman–Crippen MR) is 51.0 cm³/mol. The van der Waals surface area contributed by atoms with Crippen LogP contribution in [0.1, 0.15) is 12.8 Å². The second kappa shape index (κ2) is 3.87. The quantitative estimate of drug-likeness (QED) is 0.700. The molecule has 0 aliphatic carbocycles. The fraction of sp³-hybridized carbons (Fsp3) is 0.714. The van der Waals surface area contributed by atoms with Crippen molar-refractivity contribution in [2.75, 3.05) is 13.1 Å². The van der Waals surface area contributed by atoms with Gasteiger partial charge in [-0.25, -0.2) is 4.68 Å². The van der Waals surface area contributed by atoms with Crippen molar-refractivity contribution in [2.24, 2.45) is 0 Å². The number of carbonyl (C=O) groups excluding carboxylic acids is 1. The van der Waals surface area contributed by atoms with Crippen molar-refractivity contribution in [3.63, 3.8) is 0 Å². The molecular formula is C7H11N5OS. The molecule has 0 spiro atoms. The first-order valence-corrected chi connectivity index (χ1v) is 4.94. The highest BCUT2D eigenvalue weighted by Gasteiger charge is 2.18. The van der Waals surface area contributed by atoms with Gasteiger partial charge in [-0.3, -0.25) is 4.79 Å². The Hall–Kier alpha value is -1.24. The van der Waals surface area contributed by atoms with Crippen LogP contribution in [0.5, 0.6) is 0 Å². The minimum atomic E-state index is 0.0738. The molecule has 1 amide bonds. The first-order valence-electron chi connectivity index (χ1n) is 4.53. The van der Waals surface area contributed by atoms with Gasteiger partial charge in [0.1, 0.15) is 6.54 Å². The smallest absolute Gasteiger partial charge is 0.244 e. The van der Waals surface area contributed by atoms with Crippen LogP contribution in [0.25, 0.3) is 0 Å². The van der Waals surface area contributed by atoms with Gasteiger partial charge in [-0.15, -0.1) is 0 Å². The number of nitrogens with zero attached hydrogens (tertiary/aromatic N) is 4. The summed E-state index contributed by atoms with van der Waals surface area (Å²) in [6.45, 7) is 1.92. The van der Waals surface area contributed by atoms with Gasteiger partial charge in [0, 0.05) is 13.1 Å². The van der Waals surface area contributed by atoms with E-state index in [-0.39, 0.29) is 12.5 Å². The molecule has 1 saturated heterocycles. The zero-order chi connectivity index (χ0) is 9.97. The maximum atomic E-state index is 11.6. The van der Waals surface area contributed by atoms with E-state index in [1.165, 1.54) is 4.68 Å². The molecule has 1 aliphatic heterocycles. The van der Waals surface area contributed by atoms with Gasteiger partial charge in [0.2, 0.25) is 10.7 Å². The number of hydrogen-bond donors (Lipinski definition) is 1. The third-order valence-corrected chi connectivity index (χ3v) is 2.59. The molecule has 2 heterocycles. The van der Waals surface area contributed by atoms with Gasteiger partial charge in [-0.05, 0) is 25.1 Å². The van der Waals surface area contributed by atoms with Crippen molar-refractivity contribution in [2.45, 2.75) is 19.4 Å². The normalized spacial score (nSPS) is 16.1. The number of amides is 1. The highest BCUT2D eigenvalue weighted by molar-refractivity contribution is 7.71. The highest BCUT2D eigenvalue weighted by Crippen LogP contribution is 2.07. The van der Waals surface area contributed by atoms with E-state index in [1.807, 2.05) is 4.90 Å². The summed E-state index contributed by atoms with van der Waals surface area (Å²) >= 11 is 4.87. The molecule has 2 rings (SSSR count). The van der Waals surface area contributed by atoms with Crippen LogP contribution < -0.4 is 0 Å². The second-order valence-corrected chi connectivity index (χ2v) is 3.62. The van der Waals surface area contributed by atoms with Crippen molar-refractivity contribution in [1.29, 1.82) is 0 Å². The third kappa shape index (κ3) is 1.82. The van der Waals surface area contributed by atoms with E-state index >= 15 is 0 Å². The summed E-state index contributed by atoms with van der Waals surface area (Å²) in [4.78, 5) is 13.5. The molecule has 1 aromatic rings. The summed E-state index contributed by atoms with van der Waals surface area (Å²) in [7, 11) is 0. The Kier molecular flexibility index (Phi) is 2.58. The summed E-state index contributed by atoms with van der Waals surface area (Å²) in [5.74, 6) is 0.0738. The minimum absolute atomic E-state index is 0.0738. The maximum Gasteiger partial charge on any atom is 0.244 e. The molecule has 6 nitrogen and oxygen atoms in total. The fourth-order valence-corrected chi connectivity index (χ4v) is 1.67. The number of rotatable bonds is 2. The number of likely N-dealkylation sites (tertiary alicyclic amines) is 1. The van der Waals surface area contributed by atoms with Gasteiger partial charge in [-0.1, -0.05) is 10.3 Å². The minimum Gasteiger partial charge on any atom is -0.341 e. The Labute approximate surface area is 85.9 Å². The number of H-pyrrole nitrogens is 1. The lowest BCUT2D eigenvalue weighted by Crippen LogP contribution is -2.31. The molecule has 1 aromatic heterocycles. The van der Waals surface area contributed by atoms with Crippen molar-refractivity contribution in [1.82, 2.24) is 25.1 Å². The van der Waals surface area contributed by atoms with E-state index in [2.05, 4.69) is 15.5 Å². The molecule has 14 heavy (non-hydrogen) atoms. The van der Waals surface area contributed by atoms with Gasteiger partial charge >= 0.3 is 0 Å². The van der Waals surface area contributed by atoms with Crippen molar-refractivity contribution in [3.05, 3.63) is 4.77 Å². The van der Waals surface area contributed by atoms with Crippen molar-refractivity contribution in [3.8, 4) is 0 Å². The van der Waals surface area contributed by atoms with Gasteiger partial charge in [0.15, 0.2) is 0 Å².